The molecule has 3 aromatic rings. The highest BCUT2D eigenvalue weighted by Gasteiger charge is 2.41. The van der Waals surface area contributed by atoms with Crippen molar-refractivity contribution in [3.05, 3.63) is 83.4 Å². The largest absolute Gasteiger partial charge is 0.463 e. The molecule has 0 amide bonds. The van der Waals surface area contributed by atoms with Crippen LogP contribution in [0.15, 0.2) is 72.2 Å². The molecule has 200 valence electrons. The highest BCUT2D eigenvalue weighted by atomic mass is 35.5. The lowest BCUT2D eigenvalue weighted by Crippen LogP contribution is -2.48. The maximum atomic E-state index is 6.54. The van der Waals surface area contributed by atoms with Crippen LogP contribution in [-0.2, 0) is 37.9 Å². The third-order valence-corrected chi connectivity index (χ3v) is 7.48. The van der Waals surface area contributed by atoms with Crippen molar-refractivity contribution in [3.8, 4) is 0 Å². The van der Waals surface area contributed by atoms with E-state index in [0.29, 0.717) is 38.0 Å². The molecule has 4 heterocycles. The first-order valence-electron chi connectivity index (χ1n) is 13.0. The first-order chi connectivity index (χ1) is 18.7. The third-order valence-electron chi connectivity index (χ3n) is 7.15. The SMILES string of the molecule is Clc1ccccc1[C@]1(Cn2ccnc2)OC[C@H](OCc2ccc(N3CCN(C4=NCCO4)CC3)cc2)CO1. The molecule has 0 bridgehead atoms. The molecule has 3 aliphatic heterocycles. The summed E-state index contributed by atoms with van der Waals surface area (Å²) in [5.41, 5.74) is 3.13. The van der Waals surface area contributed by atoms with Gasteiger partial charge in [-0.15, -0.1) is 0 Å². The van der Waals surface area contributed by atoms with Crippen molar-refractivity contribution >= 4 is 23.3 Å². The van der Waals surface area contributed by atoms with Crippen molar-refractivity contribution in [1.82, 2.24) is 14.5 Å². The minimum absolute atomic E-state index is 0.179. The Balaban J connectivity index is 1.02. The molecule has 0 saturated carbocycles. The highest BCUT2D eigenvalue weighted by molar-refractivity contribution is 6.31. The van der Waals surface area contributed by atoms with E-state index in [-0.39, 0.29) is 6.10 Å². The summed E-state index contributed by atoms with van der Waals surface area (Å²) in [6.45, 7) is 6.93. The second kappa shape index (κ2) is 11.3. The van der Waals surface area contributed by atoms with E-state index in [2.05, 4.69) is 44.0 Å². The molecule has 0 unspecified atom stereocenters. The maximum absolute atomic E-state index is 6.54. The molecule has 10 heteroatoms. The van der Waals surface area contributed by atoms with E-state index in [1.807, 2.05) is 35.0 Å². The summed E-state index contributed by atoms with van der Waals surface area (Å²) in [5, 5.41) is 0.606. The van der Waals surface area contributed by atoms with Gasteiger partial charge in [0.1, 0.15) is 12.7 Å². The minimum Gasteiger partial charge on any atom is -0.463 e. The smallest absolute Gasteiger partial charge is 0.287 e. The van der Waals surface area contributed by atoms with Crippen molar-refractivity contribution in [2.75, 3.05) is 57.4 Å². The number of hydrogen-bond donors (Lipinski definition) is 0. The average molecular weight is 538 g/mol. The van der Waals surface area contributed by atoms with Crippen molar-refractivity contribution < 1.29 is 18.9 Å². The monoisotopic (exact) mass is 537 g/mol. The summed E-state index contributed by atoms with van der Waals surface area (Å²) in [5.74, 6) is -0.999. The van der Waals surface area contributed by atoms with Crippen molar-refractivity contribution in [1.29, 1.82) is 0 Å². The summed E-state index contributed by atoms with van der Waals surface area (Å²) >= 11 is 6.54. The molecule has 0 N–H and O–H groups in total. The lowest BCUT2D eigenvalue weighted by Gasteiger charge is -2.40. The number of aliphatic imine (C=N–C) groups is 1. The van der Waals surface area contributed by atoms with Gasteiger partial charge in [0.2, 0.25) is 5.79 Å². The van der Waals surface area contributed by atoms with E-state index >= 15 is 0 Å². The molecule has 1 aromatic heterocycles. The van der Waals surface area contributed by atoms with Crippen LogP contribution in [0.25, 0.3) is 0 Å². The number of benzene rings is 2. The number of piperazine rings is 1. The van der Waals surface area contributed by atoms with E-state index in [4.69, 9.17) is 30.5 Å². The van der Waals surface area contributed by atoms with Crippen LogP contribution in [-0.4, -0.2) is 79.1 Å². The summed E-state index contributed by atoms with van der Waals surface area (Å²) in [6.07, 6.45) is 5.19. The van der Waals surface area contributed by atoms with Crippen LogP contribution < -0.4 is 4.90 Å². The molecule has 0 aliphatic carbocycles. The molecule has 9 nitrogen and oxygen atoms in total. The first kappa shape index (κ1) is 25.2. The molecule has 2 aromatic carbocycles. The quantitative estimate of drug-likeness (QED) is 0.456. The van der Waals surface area contributed by atoms with Gasteiger partial charge in [-0.1, -0.05) is 41.9 Å². The highest BCUT2D eigenvalue weighted by Crippen LogP contribution is 2.37. The predicted octanol–water partition coefficient (Wildman–Crippen LogP) is 3.53. The van der Waals surface area contributed by atoms with Gasteiger partial charge < -0.3 is 33.3 Å². The zero-order valence-corrected chi connectivity index (χ0v) is 22.0. The molecule has 2 saturated heterocycles. The number of nitrogens with zero attached hydrogens (tertiary/aromatic N) is 5. The van der Waals surface area contributed by atoms with E-state index in [0.717, 1.165) is 49.9 Å². The lowest BCUT2D eigenvalue weighted by molar-refractivity contribution is -0.313. The van der Waals surface area contributed by atoms with Gasteiger partial charge in [-0.25, -0.2) is 9.98 Å². The second-order valence-corrected chi connectivity index (χ2v) is 10.1. The molecule has 2 fully saturated rings. The third kappa shape index (κ3) is 5.51. The summed E-state index contributed by atoms with van der Waals surface area (Å²) in [4.78, 5) is 13.2. The Hall–Kier alpha value is -3.11. The van der Waals surface area contributed by atoms with Gasteiger partial charge >= 0.3 is 0 Å². The number of ether oxygens (including phenoxy) is 4. The van der Waals surface area contributed by atoms with Crippen LogP contribution in [0.4, 0.5) is 5.69 Å². The van der Waals surface area contributed by atoms with Crippen LogP contribution >= 0.6 is 11.6 Å². The topological polar surface area (TPSA) is 73.6 Å². The molecule has 0 radical (unpaired) electrons. The standard InChI is InChI=1S/C28H32ClN5O4/c29-26-4-2-1-3-25(26)28(20-32-11-9-30-21-32)37-18-24(19-38-28)36-17-22-5-7-23(8-6-22)33-12-14-34(15-13-33)27-31-10-16-35-27/h1-9,11,21,24H,10,12-20H2/t24-,28+. The molecule has 0 atom stereocenters. The average Bonchev–Trinajstić information content (AvgIpc) is 3.69. The van der Waals surface area contributed by atoms with Crippen LogP contribution in [0.3, 0.4) is 0 Å². The fourth-order valence-electron chi connectivity index (χ4n) is 5.05. The van der Waals surface area contributed by atoms with Gasteiger partial charge in [0.25, 0.3) is 6.02 Å². The van der Waals surface area contributed by atoms with Gasteiger partial charge in [-0.3, -0.25) is 0 Å². The van der Waals surface area contributed by atoms with Gasteiger partial charge in [0.15, 0.2) is 0 Å². The summed E-state index contributed by atoms with van der Waals surface area (Å²) < 4.78 is 26.4. The zero-order valence-electron chi connectivity index (χ0n) is 21.2. The Morgan fingerprint density at radius 2 is 1.74 bits per heavy atom. The molecular weight excluding hydrogens is 506 g/mol. The predicted molar refractivity (Wildman–Crippen MR) is 144 cm³/mol. The zero-order chi connectivity index (χ0) is 25.8. The second-order valence-electron chi connectivity index (χ2n) is 9.68. The molecule has 38 heavy (non-hydrogen) atoms. The Bertz CT molecular complexity index is 1220. The van der Waals surface area contributed by atoms with Gasteiger partial charge in [0, 0.05) is 54.8 Å². The number of hydrogen-bond acceptors (Lipinski definition) is 8. The number of rotatable bonds is 7. The van der Waals surface area contributed by atoms with Gasteiger partial charge in [-0.05, 0) is 23.8 Å². The molecular formula is C28H32ClN5O4. The normalized spacial score (nSPS) is 23.8. The Kier molecular flexibility index (Phi) is 7.51. The molecule has 0 spiro atoms. The number of anilines is 1. The van der Waals surface area contributed by atoms with E-state index in [1.165, 1.54) is 5.69 Å². The number of aromatic nitrogens is 2. The maximum Gasteiger partial charge on any atom is 0.287 e. The van der Waals surface area contributed by atoms with E-state index < -0.39 is 5.79 Å². The van der Waals surface area contributed by atoms with Crippen LogP contribution in [0, 0.1) is 0 Å². The van der Waals surface area contributed by atoms with Crippen LogP contribution in [0.5, 0.6) is 0 Å². The Labute approximate surface area is 227 Å². The lowest BCUT2D eigenvalue weighted by atomic mass is 10.0. The van der Waals surface area contributed by atoms with Gasteiger partial charge in [-0.2, -0.15) is 0 Å². The summed E-state index contributed by atoms with van der Waals surface area (Å²) in [7, 11) is 0. The van der Waals surface area contributed by atoms with Crippen molar-refractivity contribution in [2.24, 2.45) is 4.99 Å². The van der Waals surface area contributed by atoms with Gasteiger partial charge in [0.05, 0.1) is 39.2 Å². The first-order valence-corrected chi connectivity index (χ1v) is 13.4. The fourth-order valence-corrected chi connectivity index (χ4v) is 5.33. The van der Waals surface area contributed by atoms with E-state index in [1.54, 1.807) is 12.5 Å². The fraction of sp³-hybridized carbons (Fsp3) is 0.429. The minimum atomic E-state index is -0.999. The number of halogens is 1. The number of amidine groups is 1. The Morgan fingerprint density at radius 3 is 2.42 bits per heavy atom. The number of imidazole rings is 1. The van der Waals surface area contributed by atoms with Crippen molar-refractivity contribution in [3.63, 3.8) is 0 Å². The van der Waals surface area contributed by atoms with Crippen molar-refractivity contribution in [2.45, 2.75) is 25.0 Å². The Morgan fingerprint density at radius 1 is 0.974 bits per heavy atom. The van der Waals surface area contributed by atoms with Crippen LogP contribution in [0.2, 0.25) is 5.02 Å². The molecule has 3 aliphatic rings. The molecule has 6 rings (SSSR count). The summed E-state index contributed by atoms with van der Waals surface area (Å²) in [6, 6.07) is 17.0. The van der Waals surface area contributed by atoms with Crippen LogP contribution in [0.1, 0.15) is 11.1 Å². The van der Waals surface area contributed by atoms with E-state index in [9.17, 15) is 0 Å².